The molecule has 3 aliphatic rings. The van der Waals surface area contributed by atoms with Crippen molar-refractivity contribution < 1.29 is 18.8 Å². The Morgan fingerprint density at radius 1 is 1.26 bits per heavy atom. The molecule has 1 aromatic carbocycles. The number of carbonyl (C=O) groups is 1. The van der Waals surface area contributed by atoms with Crippen molar-refractivity contribution >= 4 is 11.5 Å². The molecule has 2 aliphatic heterocycles. The van der Waals surface area contributed by atoms with E-state index in [-0.39, 0.29) is 49.5 Å². The molecule has 5 rings (SSSR count). The van der Waals surface area contributed by atoms with Crippen LogP contribution >= 0.6 is 0 Å². The standard InChI is InChI=1S/C21H20F2N6O2/c22-14-3-1-12(2-4-14)16-7-13-9-26-29(23)17-8-15(31)10-24-20(18(13)17)19(16)21-25-11-27-28(21)5-6-30/h1-4,8,11,16,19,26,30H,5-7,9-10H2. The second-order valence-corrected chi connectivity index (χ2v) is 7.70. The van der Waals surface area contributed by atoms with Gasteiger partial charge in [-0.25, -0.2) is 19.5 Å². The Morgan fingerprint density at radius 3 is 2.84 bits per heavy atom. The Balaban J connectivity index is 1.72. The van der Waals surface area contributed by atoms with E-state index in [4.69, 9.17) is 0 Å². The number of nitrogens with one attached hydrogen (secondary N) is 1. The first kappa shape index (κ1) is 19.7. The van der Waals surface area contributed by atoms with Crippen molar-refractivity contribution in [2.45, 2.75) is 24.8 Å². The topological polar surface area (TPSA) is 95.6 Å². The maximum atomic E-state index is 14.6. The number of aliphatic imine (C=N–C) groups is 1. The van der Waals surface area contributed by atoms with Gasteiger partial charge >= 0.3 is 0 Å². The predicted molar refractivity (Wildman–Crippen MR) is 107 cm³/mol. The first-order valence-electron chi connectivity index (χ1n) is 10.0. The summed E-state index contributed by atoms with van der Waals surface area (Å²) in [6, 6.07) is 6.26. The number of aliphatic hydroxyl groups is 1. The van der Waals surface area contributed by atoms with Gasteiger partial charge in [-0.15, -0.1) is 5.23 Å². The highest BCUT2D eigenvalue weighted by atomic mass is 19.2. The number of benzene rings is 1. The van der Waals surface area contributed by atoms with Crippen molar-refractivity contribution in [3.8, 4) is 0 Å². The third kappa shape index (κ3) is 3.37. The number of hydrogen-bond acceptors (Lipinski definition) is 7. The monoisotopic (exact) mass is 426 g/mol. The Morgan fingerprint density at radius 2 is 2.06 bits per heavy atom. The van der Waals surface area contributed by atoms with Crippen molar-refractivity contribution in [2.24, 2.45) is 4.99 Å². The molecule has 0 radical (unpaired) electrons. The van der Waals surface area contributed by atoms with E-state index in [0.29, 0.717) is 28.8 Å². The molecule has 160 valence electrons. The zero-order valence-electron chi connectivity index (χ0n) is 16.5. The number of hydrogen-bond donors (Lipinski definition) is 2. The molecule has 3 heterocycles. The Hall–Kier alpha value is -3.24. The quantitative estimate of drug-likeness (QED) is 0.721. The fraction of sp³-hybridized carbons (Fsp3) is 0.333. The van der Waals surface area contributed by atoms with Gasteiger partial charge in [0.05, 0.1) is 24.8 Å². The lowest BCUT2D eigenvalue weighted by Gasteiger charge is -2.39. The molecule has 31 heavy (non-hydrogen) atoms. The minimum atomic E-state index is -0.445. The van der Waals surface area contributed by atoms with E-state index in [1.54, 1.807) is 16.8 Å². The summed E-state index contributed by atoms with van der Waals surface area (Å²) >= 11 is 0. The van der Waals surface area contributed by atoms with Crippen molar-refractivity contribution in [1.82, 2.24) is 25.4 Å². The molecule has 2 N–H and O–H groups in total. The van der Waals surface area contributed by atoms with Crippen LogP contribution in [0.2, 0.25) is 0 Å². The van der Waals surface area contributed by atoms with Gasteiger partial charge in [0, 0.05) is 24.1 Å². The van der Waals surface area contributed by atoms with Crippen LogP contribution in [0.1, 0.15) is 29.6 Å². The zero-order chi connectivity index (χ0) is 21.5. The average Bonchev–Trinajstić information content (AvgIpc) is 3.14. The van der Waals surface area contributed by atoms with Crippen LogP contribution < -0.4 is 5.43 Å². The summed E-state index contributed by atoms with van der Waals surface area (Å²) in [6.07, 6.45) is 3.22. The van der Waals surface area contributed by atoms with Gasteiger partial charge in [0.15, 0.2) is 5.78 Å². The van der Waals surface area contributed by atoms with Crippen LogP contribution in [0, 0.1) is 5.82 Å². The molecule has 1 aliphatic carbocycles. The molecule has 0 spiro atoms. The molecular formula is C21H20F2N6O2. The largest absolute Gasteiger partial charge is 0.394 e. The molecule has 2 atom stereocenters. The molecule has 1 aromatic heterocycles. The van der Waals surface area contributed by atoms with Gasteiger partial charge in [0.2, 0.25) is 0 Å². The maximum Gasteiger partial charge on any atom is 0.179 e. The number of aliphatic hydroxyl groups excluding tert-OH is 1. The number of aromatic nitrogens is 3. The van der Waals surface area contributed by atoms with Crippen LogP contribution in [0.5, 0.6) is 0 Å². The van der Waals surface area contributed by atoms with Crippen LogP contribution in [0.4, 0.5) is 8.87 Å². The summed E-state index contributed by atoms with van der Waals surface area (Å²) in [5.74, 6) is -0.703. The molecule has 2 aromatic rings. The normalized spacial score (nSPS) is 23.3. The summed E-state index contributed by atoms with van der Waals surface area (Å²) in [6.45, 7) is 0.268. The van der Waals surface area contributed by atoms with Crippen LogP contribution in [0.25, 0.3) is 0 Å². The van der Waals surface area contributed by atoms with E-state index in [1.165, 1.54) is 24.5 Å². The molecule has 10 heteroatoms. The fourth-order valence-electron chi connectivity index (χ4n) is 4.60. The van der Waals surface area contributed by atoms with Gasteiger partial charge in [-0.1, -0.05) is 16.6 Å². The summed E-state index contributed by atoms with van der Waals surface area (Å²) in [5, 5.41) is 14.1. The summed E-state index contributed by atoms with van der Waals surface area (Å²) in [7, 11) is 0. The van der Waals surface area contributed by atoms with Gasteiger partial charge in [-0.2, -0.15) is 5.10 Å². The van der Waals surface area contributed by atoms with E-state index in [1.807, 2.05) is 0 Å². The molecule has 0 fully saturated rings. The van der Waals surface area contributed by atoms with Gasteiger partial charge < -0.3 is 5.11 Å². The lowest BCUT2D eigenvalue weighted by Crippen LogP contribution is -2.43. The third-order valence-electron chi connectivity index (χ3n) is 5.91. The Kier molecular flexibility index (Phi) is 4.95. The first-order valence-corrected chi connectivity index (χ1v) is 10.0. The average molecular weight is 426 g/mol. The number of nitrogens with zero attached hydrogens (tertiary/aromatic N) is 5. The maximum absolute atomic E-state index is 14.6. The minimum absolute atomic E-state index is 0.107. The SMILES string of the molecule is O=C1C=C2C3=C(CNN2F)CC(c2ccc(F)cc2)C(c2ncnn2CCO)C3=NC1. The smallest absolute Gasteiger partial charge is 0.179 e. The molecule has 2 unspecified atom stereocenters. The van der Waals surface area contributed by atoms with Crippen LogP contribution in [0.3, 0.4) is 0 Å². The van der Waals surface area contributed by atoms with Crippen molar-refractivity contribution in [3.63, 3.8) is 0 Å². The number of rotatable bonds is 4. The first-order chi connectivity index (χ1) is 15.1. The van der Waals surface area contributed by atoms with Crippen molar-refractivity contribution in [2.75, 3.05) is 19.7 Å². The summed E-state index contributed by atoms with van der Waals surface area (Å²) in [4.78, 5) is 21.3. The molecule has 0 amide bonds. The van der Waals surface area contributed by atoms with Gasteiger partial charge in [0.1, 0.15) is 30.2 Å². The van der Waals surface area contributed by atoms with E-state index in [0.717, 1.165) is 11.1 Å². The van der Waals surface area contributed by atoms with E-state index in [9.17, 15) is 18.8 Å². The molecule has 0 bridgehead atoms. The fourth-order valence-corrected chi connectivity index (χ4v) is 4.60. The molecule has 0 saturated heterocycles. The number of hydrazine groups is 1. The second kappa shape index (κ2) is 7.78. The number of carbonyl (C=O) groups excluding carboxylic acids is 1. The Bertz CT molecular complexity index is 1120. The van der Waals surface area contributed by atoms with E-state index >= 15 is 0 Å². The minimum Gasteiger partial charge on any atom is -0.394 e. The van der Waals surface area contributed by atoms with Crippen LogP contribution in [-0.2, 0) is 11.3 Å². The number of allylic oxidation sites excluding steroid dienone is 1. The number of halogens is 2. The van der Waals surface area contributed by atoms with E-state index in [2.05, 4.69) is 20.5 Å². The summed E-state index contributed by atoms with van der Waals surface area (Å²) in [5.41, 5.74) is 5.76. The highest BCUT2D eigenvalue weighted by Gasteiger charge is 2.44. The Labute approximate surface area is 176 Å². The molecule has 8 nitrogen and oxygen atoms in total. The van der Waals surface area contributed by atoms with Crippen molar-refractivity contribution in [3.05, 3.63) is 70.7 Å². The highest BCUT2D eigenvalue weighted by molar-refractivity contribution is 6.13. The number of ketones is 1. The summed E-state index contributed by atoms with van der Waals surface area (Å²) < 4.78 is 29.8. The van der Waals surface area contributed by atoms with Gasteiger partial charge in [-0.3, -0.25) is 9.79 Å². The molecule has 0 saturated carbocycles. The third-order valence-corrected chi connectivity index (χ3v) is 5.91. The predicted octanol–water partition coefficient (Wildman–Crippen LogP) is 1.59. The lowest BCUT2D eigenvalue weighted by atomic mass is 9.70. The van der Waals surface area contributed by atoms with Crippen LogP contribution in [0.15, 0.2) is 58.5 Å². The van der Waals surface area contributed by atoms with Gasteiger partial charge in [0.25, 0.3) is 0 Å². The zero-order valence-corrected chi connectivity index (χ0v) is 16.5. The van der Waals surface area contributed by atoms with Gasteiger partial charge in [-0.05, 0) is 29.7 Å². The lowest BCUT2D eigenvalue weighted by molar-refractivity contribution is -0.113. The second-order valence-electron chi connectivity index (χ2n) is 7.70. The highest BCUT2D eigenvalue weighted by Crippen LogP contribution is 2.47. The van der Waals surface area contributed by atoms with Crippen LogP contribution in [-0.4, -0.2) is 56.3 Å². The van der Waals surface area contributed by atoms with Crippen molar-refractivity contribution in [1.29, 1.82) is 0 Å². The van der Waals surface area contributed by atoms with E-state index < -0.39 is 5.92 Å². The molecular weight excluding hydrogens is 406 g/mol.